The van der Waals surface area contributed by atoms with Gasteiger partial charge in [-0.1, -0.05) is 17.7 Å². The summed E-state index contributed by atoms with van der Waals surface area (Å²) in [5, 5.41) is 0.582. The van der Waals surface area contributed by atoms with Crippen LogP contribution in [0.3, 0.4) is 0 Å². The zero-order valence-electron chi connectivity index (χ0n) is 10.2. The number of para-hydroxylation sites is 1. The molecule has 1 aromatic heterocycles. The van der Waals surface area contributed by atoms with Crippen LogP contribution in [0.25, 0.3) is 22.3 Å². The maximum Gasteiger partial charge on any atom is 0.123 e. The van der Waals surface area contributed by atoms with Gasteiger partial charge in [0.2, 0.25) is 0 Å². The van der Waals surface area contributed by atoms with Gasteiger partial charge in [0, 0.05) is 5.56 Å². The van der Waals surface area contributed by atoms with Crippen LogP contribution in [0.1, 0.15) is 5.69 Å². The Bertz CT molecular complexity index is 754. The maximum atomic E-state index is 13.0. The summed E-state index contributed by atoms with van der Waals surface area (Å²) in [6.45, 7) is 1.87. The van der Waals surface area contributed by atoms with Crippen molar-refractivity contribution in [1.29, 1.82) is 0 Å². The van der Waals surface area contributed by atoms with E-state index in [0.717, 1.165) is 22.5 Å². The van der Waals surface area contributed by atoms with Gasteiger partial charge in [-0.25, -0.2) is 14.4 Å². The lowest BCUT2D eigenvalue weighted by atomic mass is 10.1. The second-order valence-electron chi connectivity index (χ2n) is 4.27. The monoisotopic (exact) mass is 272 g/mol. The maximum absolute atomic E-state index is 13.0. The zero-order valence-corrected chi connectivity index (χ0v) is 10.9. The smallest absolute Gasteiger partial charge is 0.123 e. The normalized spacial score (nSPS) is 10.9. The third-order valence-electron chi connectivity index (χ3n) is 2.94. The summed E-state index contributed by atoms with van der Waals surface area (Å²) in [4.78, 5) is 9.05. The van der Waals surface area contributed by atoms with Crippen LogP contribution in [0, 0.1) is 12.7 Å². The van der Waals surface area contributed by atoms with Crippen molar-refractivity contribution >= 4 is 22.6 Å². The number of hydrogen-bond acceptors (Lipinski definition) is 2. The molecule has 2 nitrogen and oxygen atoms in total. The second-order valence-corrected chi connectivity index (χ2v) is 4.68. The van der Waals surface area contributed by atoms with Crippen LogP contribution in [0.2, 0.25) is 5.02 Å². The van der Waals surface area contributed by atoms with Gasteiger partial charge >= 0.3 is 0 Å². The Labute approximate surface area is 114 Å². The number of fused-ring (bicyclic) bond motifs is 1. The molecule has 2 aromatic carbocycles. The molecule has 0 atom stereocenters. The summed E-state index contributed by atoms with van der Waals surface area (Å²) in [7, 11) is 0. The standard InChI is InChI=1S/C15H10ClFN2/c1-9-14(10-5-7-11(17)8-6-10)19-13-4-2-3-12(16)15(13)18-9/h2-8H,1H3. The molecule has 0 amide bonds. The highest BCUT2D eigenvalue weighted by molar-refractivity contribution is 6.34. The Morgan fingerprint density at radius 2 is 1.74 bits per heavy atom. The van der Waals surface area contributed by atoms with E-state index in [9.17, 15) is 4.39 Å². The van der Waals surface area contributed by atoms with Crippen LogP contribution in [-0.2, 0) is 0 Å². The van der Waals surface area contributed by atoms with Gasteiger partial charge in [-0.05, 0) is 43.3 Å². The zero-order chi connectivity index (χ0) is 13.4. The van der Waals surface area contributed by atoms with Crippen LogP contribution in [0.5, 0.6) is 0 Å². The van der Waals surface area contributed by atoms with E-state index in [1.165, 1.54) is 12.1 Å². The highest BCUT2D eigenvalue weighted by atomic mass is 35.5. The molecule has 4 heteroatoms. The van der Waals surface area contributed by atoms with Crippen LogP contribution < -0.4 is 0 Å². The summed E-state index contributed by atoms with van der Waals surface area (Å²) in [6.07, 6.45) is 0. The Morgan fingerprint density at radius 3 is 2.47 bits per heavy atom. The first-order valence-electron chi connectivity index (χ1n) is 5.84. The molecule has 1 heterocycles. The molecule has 0 N–H and O–H groups in total. The molecule has 3 aromatic rings. The van der Waals surface area contributed by atoms with Crippen molar-refractivity contribution in [1.82, 2.24) is 9.97 Å². The van der Waals surface area contributed by atoms with E-state index in [1.54, 1.807) is 18.2 Å². The van der Waals surface area contributed by atoms with Gasteiger partial charge in [0.15, 0.2) is 0 Å². The average molecular weight is 273 g/mol. The lowest BCUT2D eigenvalue weighted by Crippen LogP contribution is -1.94. The van der Waals surface area contributed by atoms with Crippen molar-refractivity contribution in [2.24, 2.45) is 0 Å². The minimum atomic E-state index is -0.266. The van der Waals surface area contributed by atoms with Gasteiger partial charge in [-0.3, -0.25) is 0 Å². The van der Waals surface area contributed by atoms with Crippen molar-refractivity contribution < 1.29 is 4.39 Å². The molecule has 0 aliphatic heterocycles. The quantitative estimate of drug-likeness (QED) is 0.656. The summed E-state index contributed by atoms with van der Waals surface area (Å²) in [5.74, 6) is -0.266. The van der Waals surface area contributed by atoms with Gasteiger partial charge in [0.1, 0.15) is 11.3 Å². The topological polar surface area (TPSA) is 25.8 Å². The first-order chi connectivity index (χ1) is 9.15. The SMILES string of the molecule is Cc1nc2c(Cl)cccc2nc1-c1ccc(F)cc1. The molecular formula is C15H10ClFN2. The number of halogens is 2. The summed E-state index contributed by atoms with van der Waals surface area (Å²) >= 11 is 6.10. The molecule has 0 saturated heterocycles. The van der Waals surface area contributed by atoms with Gasteiger partial charge < -0.3 is 0 Å². The predicted octanol–water partition coefficient (Wildman–Crippen LogP) is 4.40. The highest BCUT2D eigenvalue weighted by Gasteiger charge is 2.09. The fraction of sp³-hybridized carbons (Fsp3) is 0.0667. The van der Waals surface area contributed by atoms with Gasteiger partial charge in [-0.15, -0.1) is 0 Å². The van der Waals surface area contributed by atoms with Crippen LogP contribution in [0.15, 0.2) is 42.5 Å². The van der Waals surface area contributed by atoms with E-state index in [1.807, 2.05) is 19.1 Å². The molecule has 0 fully saturated rings. The molecule has 0 saturated carbocycles. The first kappa shape index (κ1) is 12.1. The molecule has 0 radical (unpaired) electrons. The van der Waals surface area contributed by atoms with Gasteiger partial charge in [0.25, 0.3) is 0 Å². The second kappa shape index (κ2) is 4.59. The van der Waals surface area contributed by atoms with Crippen LogP contribution in [0.4, 0.5) is 4.39 Å². The van der Waals surface area contributed by atoms with Crippen molar-refractivity contribution in [3.8, 4) is 11.3 Å². The molecule has 19 heavy (non-hydrogen) atoms. The molecule has 0 spiro atoms. The van der Waals surface area contributed by atoms with Crippen molar-refractivity contribution in [3.63, 3.8) is 0 Å². The molecule has 94 valence electrons. The Kier molecular flexibility index (Phi) is 2.91. The number of aromatic nitrogens is 2. The third-order valence-corrected chi connectivity index (χ3v) is 3.24. The van der Waals surface area contributed by atoms with E-state index in [-0.39, 0.29) is 5.82 Å². The average Bonchev–Trinajstić information content (AvgIpc) is 2.40. The first-order valence-corrected chi connectivity index (χ1v) is 6.22. The molecule has 0 bridgehead atoms. The van der Waals surface area contributed by atoms with Gasteiger partial charge in [0.05, 0.1) is 21.9 Å². The number of benzene rings is 2. The number of nitrogens with zero attached hydrogens (tertiary/aromatic N) is 2. The highest BCUT2D eigenvalue weighted by Crippen LogP contribution is 2.26. The Hall–Kier alpha value is -2.00. The lowest BCUT2D eigenvalue weighted by Gasteiger charge is -2.07. The summed E-state index contributed by atoms with van der Waals surface area (Å²) in [5.41, 5.74) is 3.78. The molecule has 0 aliphatic rings. The van der Waals surface area contributed by atoms with E-state index in [4.69, 9.17) is 11.6 Å². The lowest BCUT2D eigenvalue weighted by molar-refractivity contribution is 0.628. The van der Waals surface area contributed by atoms with E-state index in [0.29, 0.717) is 10.5 Å². The number of rotatable bonds is 1. The molecule has 0 aliphatic carbocycles. The number of hydrogen-bond donors (Lipinski definition) is 0. The van der Waals surface area contributed by atoms with Crippen LogP contribution >= 0.6 is 11.6 Å². The Balaban J connectivity index is 2.24. The molecule has 0 unspecified atom stereocenters. The minimum Gasteiger partial charge on any atom is -0.248 e. The fourth-order valence-electron chi connectivity index (χ4n) is 2.01. The van der Waals surface area contributed by atoms with E-state index < -0.39 is 0 Å². The number of aryl methyl sites for hydroxylation is 1. The van der Waals surface area contributed by atoms with Crippen molar-refractivity contribution in [2.75, 3.05) is 0 Å². The molecule has 3 rings (SSSR count). The van der Waals surface area contributed by atoms with E-state index in [2.05, 4.69) is 9.97 Å². The van der Waals surface area contributed by atoms with E-state index >= 15 is 0 Å². The van der Waals surface area contributed by atoms with Crippen molar-refractivity contribution in [3.05, 3.63) is 59.0 Å². The fourth-order valence-corrected chi connectivity index (χ4v) is 2.22. The summed E-state index contributed by atoms with van der Waals surface area (Å²) in [6, 6.07) is 11.7. The Morgan fingerprint density at radius 1 is 1.00 bits per heavy atom. The predicted molar refractivity (Wildman–Crippen MR) is 74.7 cm³/mol. The summed E-state index contributed by atoms with van der Waals surface area (Å²) < 4.78 is 13.0. The van der Waals surface area contributed by atoms with Gasteiger partial charge in [-0.2, -0.15) is 0 Å². The third kappa shape index (κ3) is 2.17. The molecular weight excluding hydrogens is 263 g/mol. The van der Waals surface area contributed by atoms with Crippen molar-refractivity contribution in [2.45, 2.75) is 6.92 Å². The largest absolute Gasteiger partial charge is 0.248 e. The van der Waals surface area contributed by atoms with Crippen LogP contribution in [-0.4, -0.2) is 9.97 Å². The minimum absolute atomic E-state index is 0.266.